The molecule has 0 aliphatic carbocycles. The van der Waals surface area contributed by atoms with E-state index in [1.165, 1.54) is 5.56 Å². The number of hydrogen-bond donors (Lipinski definition) is 0. The number of piperidine rings is 1. The molecule has 152 valence electrons. The van der Waals surface area contributed by atoms with Gasteiger partial charge >= 0.3 is 0 Å². The lowest BCUT2D eigenvalue weighted by Gasteiger charge is -2.32. The molecule has 30 heavy (non-hydrogen) atoms. The summed E-state index contributed by atoms with van der Waals surface area (Å²) in [5.41, 5.74) is 4.41. The molecule has 0 saturated carbocycles. The van der Waals surface area contributed by atoms with Crippen molar-refractivity contribution in [2.75, 3.05) is 13.1 Å². The first kappa shape index (κ1) is 20.0. The van der Waals surface area contributed by atoms with Gasteiger partial charge in [0, 0.05) is 50.1 Å². The van der Waals surface area contributed by atoms with Gasteiger partial charge in [0.25, 0.3) is 0 Å². The lowest BCUT2D eigenvalue weighted by Crippen LogP contribution is -2.38. The van der Waals surface area contributed by atoms with Crippen molar-refractivity contribution in [3.63, 3.8) is 0 Å². The molecular weight excluding hydrogens is 372 g/mol. The molecule has 5 heteroatoms. The Kier molecular flexibility index (Phi) is 6.28. The fraction of sp³-hybridized carbons (Fsp3) is 0.280. The van der Waals surface area contributed by atoms with Crippen LogP contribution in [0.25, 0.3) is 6.08 Å². The van der Waals surface area contributed by atoms with E-state index in [2.05, 4.69) is 34.2 Å². The van der Waals surface area contributed by atoms with Gasteiger partial charge in [-0.1, -0.05) is 36.4 Å². The van der Waals surface area contributed by atoms with Gasteiger partial charge in [-0.05, 0) is 48.6 Å². The Morgan fingerprint density at radius 3 is 2.83 bits per heavy atom. The Morgan fingerprint density at radius 1 is 1.17 bits per heavy atom. The van der Waals surface area contributed by atoms with Gasteiger partial charge in [-0.15, -0.1) is 0 Å². The molecule has 5 nitrogen and oxygen atoms in total. The molecule has 1 amide bonds. The van der Waals surface area contributed by atoms with Gasteiger partial charge < -0.3 is 4.90 Å². The summed E-state index contributed by atoms with van der Waals surface area (Å²) in [6, 6.07) is 14.2. The van der Waals surface area contributed by atoms with Crippen LogP contribution in [0.1, 0.15) is 47.0 Å². The summed E-state index contributed by atoms with van der Waals surface area (Å²) in [4.78, 5) is 28.0. The second-order valence-corrected chi connectivity index (χ2v) is 7.73. The van der Waals surface area contributed by atoms with Crippen molar-refractivity contribution in [3.05, 3.63) is 95.3 Å². The zero-order valence-electron chi connectivity index (χ0n) is 17.2. The van der Waals surface area contributed by atoms with Crippen LogP contribution >= 0.6 is 0 Å². The van der Waals surface area contributed by atoms with E-state index in [4.69, 9.17) is 4.98 Å². The highest BCUT2D eigenvalue weighted by Crippen LogP contribution is 2.29. The van der Waals surface area contributed by atoms with Crippen molar-refractivity contribution in [1.82, 2.24) is 19.9 Å². The Balaban J connectivity index is 1.51. The minimum Gasteiger partial charge on any atom is -0.338 e. The fourth-order valence-corrected chi connectivity index (χ4v) is 3.97. The summed E-state index contributed by atoms with van der Waals surface area (Å²) in [5, 5.41) is 0. The quantitative estimate of drug-likeness (QED) is 0.605. The summed E-state index contributed by atoms with van der Waals surface area (Å²) >= 11 is 0. The van der Waals surface area contributed by atoms with Crippen LogP contribution in [0.3, 0.4) is 0 Å². The average Bonchev–Trinajstić information content (AvgIpc) is 2.80. The van der Waals surface area contributed by atoms with E-state index in [9.17, 15) is 4.79 Å². The Hall–Kier alpha value is -3.34. The Bertz CT molecular complexity index is 1020. The van der Waals surface area contributed by atoms with Crippen LogP contribution in [0.15, 0.2) is 67.1 Å². The third-order valence-electron chi connectivity index (χ3n) is 5.48. The zero-order valence-corrected chi connectivity index (χ0v) is 17.2. The Labute approximate surface area is 177 Å². The molecule has 1 atom stereocenters. The van der Waals surface area contributed by atoms with Crippen LogP contribution in [0.4, 0.5) is 0 Å². The highest BCUT2D eigenvalue weighted by molar-refractivity contribution is 5.91. The predicted octanol–water partition coefficient (Wildman–Crippen LogP) is 4.19. The summed E-state index contributed by atoms with van der Waals surface area (Å²) < 4.78 is 0. The normalized spacial score (nSPS) is 16.7. The minimum absolute atomic E-state index is 0.0407. The van der Waals surface area contributed by atoms with Crippen LogP contribution in [-0.2, 0) is 11.2 Å². The molecule has 0 bridgehead atoms. The van der Waals surface area contributed by atoms with Crippen molar-refractivity contribution in [3.8, 4) is 0 Å². The minimum atomic E-state index is 0.0407. The van der Waals surface area contributed by atoms with E-state index >= 15 is 0 Å². The van der Waals surface area contributed by atoms with Crippen LogP contribution in [-0.4, -0.2) is 38.8 Å². The fourth-order valence-electron chi connectivity index (χ4n) is 3.97. The molecule has 3 aromatic rings. The number of amides is 1. The van der Waals surface area contributed by atoms with Gasteiger partial charge in [-0.3, -0.25) is 9.78 Å². The standard InChI is InChI=1S/C25H26N4O/c1-19-27-17-23(15-20-7-3-2-4-8-20)25(28-19)22-10-6-14-29(18-22)24(30)12-11-21-9-5-13-26-16-21/h2-5,7-9,11-13,16-17,22H,6,10,14-15,18H2,1H3. The number of pyridine rings is 1. The molecular formula is C25H26N4O. The van der Waals surface area contributed by atoms with Gasteiger partial charge in [0.1, 0.15) is 5.82 Å². The van der Waals surface area contributed by atoms with Gasteiger partial charge in [-0.25, -0.2) is 9.97 Å². The first-order valence-electron chi connectivity index (χ1n) is 10.4. The zero-order chi connectivity index (χ0) is 20.8. The van der Waals surface area contributed by atoms with E-state index in [0.29, 0.717) is 6.54 Å². The smallest absolute Gasteiger partial charge is 0.246 e. The molecule has 1 aliphatic rings. The maximum atomic E-state index is 12.8. The molecule has 4 rings (SSSR count). The second kappa shape index (κ2) is 9.44. The number of nitrogens with zero attached hydrogens (tertiary/aromatic N) is 4. The topological polar surface area (TPSA) is 59.0 Å². The summed E-state index contributed by atoms with van der Waals surface area (Å²) in [6.07, 6.45) is 11.7. The highest BCUT2D eigenvalue weighted by atomic mass is 16.2. The van der Waals surface area contributed by atoms with Crippen molar-refractivity contribution >= 4 is 12.0 Å². The van der Waals surface area contributed by atoms with Crippen LogP contribution in [0.5, 0.6) is 0 Å². The third kappa shape index (κ3) is 4.98. The van der Waals surface area contributed by atoms with Crippen molar-refractivity contribution in [2.45, 2.75) is 32.1 Å². The van der Waals surface area contributed by atoms with Crippen molar-refractivity contribution in [2.24, 2.45) is 0 Å². The van der Waals surface area contributed by atoms with Crippen LogP contribution in [0, 0.1) is 6.92 Å². The molecule has 3 heterocycles. The number of likely N-dealkylation sites (tertiary alicyclic amines) is 1. The van der Waals surface area contributed by atoms with Crippen molar-refractivity contribution in [1.29, 1.82) is 0 Å². The predicted molar refractivity (Wildman–Crippen MR) is 118 cm³/mol. The third-order valence-corrected chi connectivity index (χ3v) is 5.48. The van der Waals surface area contributed by atoms with E-state index in [-0.39, 0.29) is 11.8 Å². The molecule has 1 unspecified atom stereocenters. The second-order valence-electron chi connectivity index (χ2n) is 7.73. The van der Waals surface area contributed by atoms with E-state index < -0.39 is 0 Å². The number of carbonyl (C=O) groups is 1. The largest absolute Gasteiger partial charge is 0.338 e. The lowest BCUT2D eigenvalue weighted by molar-refractivity contribution is -0.127. The number of hydrogen-bond acceptors (Lipinski definition) is 4. The number of benzene rings is 1. The molecule has 0 N–H and O–H groups in total. The molecule has 1 fully saturated rings. The molecule has 0 spiro atoms. The molecule has 1 aliphatic heterocycles. The average molecular weight is 399 g/mol. The van der Waals surface area contributed by atoms with Gasteiger partial charge in [0.15, 0.2) is 0 Å². The SMILES string of the molecule is Cc1ncc(Cc2ccccc2)c(C2CCCN(C(=O)C=Cc3cccnc3)C2)n1. The number of aryl methyl sites for hydroxylation is 1. The number of carbonyl (C=O) groups excluding carboxylic acids is 1. The molecule has 1 saturated heterocycles. The summed E-state index contributed by atoms with van der Waals surface area (Å²) in [6.45, 7) is 3.40. The lowest BCUT2D eigenvalue weighted by atomic mass is 9.90. The Morgan fingerprint density at radius 2 is 2.03 bits per heavy atom. The number of rotatable bonds is 5. The van der Waals surface area contributed by atoms with Gasteiger partial charge in [-0.2, -0.15) is 0 Å². The maximum Gasteiger partial charge on any atom is 0.246 e. The molecule has 2 aromatic heterocycles. The van der Waals surface area contributed by atoms with Gasteiger partial charge in [0.2, 0.25) is 5.91 Å². The molecule has 1 aromatic carbocycles. The van der Waals surface area contributed by atoms with Crippen LogP contribution < -0.4 is 0 Å². The first-order chi connectivity index (χ1) is 14.7. The van der Waals surface area contributed by atoms with Gasteiger partial charge in [0.05, 0.1) is 5.69 Å². The molecule has 0 radical (unpaired) electrons. The van der Waals surface area contributed by atoms with Crippen LogP contribution in [0.2, 0.25) is 0 Å². The summed E-state index contributed by atoms with van der Waals surface area (Å²) in [7, 11) is 0. The van der Waals surface area contributed by atoms with E-state index in [0.717, 1.165) is 48.5 Å². The first-order valence-corrected chi connectivity index (χ1v) is 10.4. The van der Waals surface area contributed by atoms with E-state index in [1.54, 1.807) is 18.5 Å². The monoisotopic (exact) mass is 398 g/mol. The highest BCUT2D eigenvalue weighted by Gasteiger charge is 2.26. The maximum absolute atomic E-state index is 12.8. The van der Waals surface area contributed by atoms with E-state index in [1.807, 2.05) is 42.3 Å². The number of aromatic nitrogens is 3. The van der Waals surface area contributed by atoms with Crippen molar-refractivity contribution < 1.29 is 4.79 Å². The summed E-state index contributed by atoms with van der Waals surface area (Å²) in [5.74, 6) is 1.05.